The number of ether oxygens (including phenoxy) is 1. The highest BCUT2D eigenvalue weighted by molar-refractivity contribution is 6.05. The second-order valence-corrected chi connectivity index (χ2v) is 6.66. The molecule has 0 atom stereocenters. The molecule has 2 amide bonds. The number of nitrogens with zero attached hydrogens (tertiary/aromatic N) is 1. The van der Waals surface area contributed by atoms with E-state index in [1.54, 1.807) is 24.3 Å². The van der Waals surface area contributed by atoms with Crippen molar-refractivity contribution in [2.75, 3.05) is 17.7 Å². The fourth-order valence-corrected chi connectivity index (χ4v) is 2.83. The third-order valence-electron chi connectivity index (χ3n) is 4.41. The van der Waals surface area contributed by atoms with Gasteiger partial charge in [-0.05, 0) is 42.5 Å². The molecule has 0 spiro atoms. The molecular weight excluding hydrogens is 427 g/mol. The minimum Gasteiger partial charge on any atom is -0.495 e. The topological polar surface area (TPSA) is 89.4 Å². The molecule has 0 unspecified atom stereocenters. The number of nitrogens with one attached hydrogen (secondary N) is 2. The van der Waals surface area contributed by atoms with Gasteiger partial charge in [0, 0.05) is 23.5 Å². The summed E-state index contributed by atoms with van der Waals surface area (Å²) in [7, 11) is 1.48. The van der Waals surface area contributed by atoms with Crippen LogP contribution in [0.4, 0.5) is 24.5 Å². The summed E-state index contributed by atoms with van der Waals surface area (Å²) in [6.07, 6.45) is -4.04. The van der Waals surface area contributed by atoms with Gasteiger partial charge in [-0.2, -0.15) is 13.2 Å². The number of hydrogen-bond acceptors (Lipinski definition) is 4. The van der Waals surface area contributed by atoms with Gasteiger partial charge in [-0.25, -0.2) is 0 Å². The van der Waals surface area contributed by atoms with Gasteiger partial charge in [0.25, 0.3) is 11.5 Å². The van der Waals surface area contributed by atoms with Gasteiger partial charge in [0.05, 0.1) is 18.4 Å². The lowest BCUT2D eigenvalue weighted by molar-refractivity contribution is -0.138. The number of rotatable bonds is 6. The van der Waals surface area contributed by atoms with Crippen LogP contribution in [0.15, 0.2) is 71.7 Å². The van der Waals surface area contributed by atoms with Gasteiger partial charge in [0.15, 0.2) is 0 Å². The normalized spacial score (nSPS) is 11.0. The molecule has 0 saturated carbocycles. The lowest BCUT2D eigenvalue weighted by atomic mass is 10.2. The Morgan fingerprint density at radius 1 is 0.969 bits per heavy atom. The largest absolute Gasteiger partial charge is 0.495 e. The van der Waals surface area contributed by atoms with Crippen LogP contribution in [-0.4, -0.2) is 23.5 Å². The van der Waals surface area contributed by atoms with Gasteiger partial charge < -0.3 is 19.9 Å². The first-order valence-corrected chi connectivity index (χ1v) is 9.29. The first-order valence-electron chi connectivity index (χ1n) is 9.29. The molecule has 7 nitrogen and oxygen atoms in total. The van der Waals surface area contributed by atoms with Gasteiger partial charge in [-0.1, -0.05) is 12.1 Å². The molecule has 2 aromatic carbocycles. The molecule has 0 aliphatic heterocycles. The number of carbonyl (C=O) groups is 2. The van der Waals surface area contributed by atoms with Crippen molar-refractivity contribution in [3.63, 3.8) is 0 Å². The number of hydrogen-bond donors (Lipinski definition) is 2. The van der Waals surface area contributed by atoms with Gasteiger partial charge in [0.2, 0.25) is 5.91 Å². The lowest BCUT2D eigenvalue weighted by Crippen LogP contribution is -2.28. The molecule has 0 aliphatic carbocycles. The van der Waals surface area contributed by atoms with E-state index in [0.717, 1.165) is 6.07 Å². The quantitative estimate of drug-likeness (QED) is 0.605. The first kappa shape index (κ1) is 22.6. The molecule has 0 radical (unpaired) electrons. The van der Waals surface area contributed by atoms with Crippen LogP contribution in [0, 0.1) is 0 Å². The third kappa shape index (κ3) is 5.54. The van der Waals surface area contributed by atoms with E-state index in [1.165, 1.54) is 31.4 Å². The summed E-state index contributed by atoms with van der Waals surface area (Å²) in [4.78, 5) is 36.4. The SMILES string of the molecule is COc1ccccc1NC(=O)c1ccc(NC(=O)Cn2cc(C(F)(F)F)ccc2=O)cc1. The van der Waals surface area contributed by atoms with Crippen molar-refractivity contribution in [2.24, 2.45) is 0 Å². The summed E-state index contributed by atoms with van der Waals surface area (Å²) in [5.74, 6) is -0.602. The van der Waals surface area contributed by atoms with Crippen LogP contribution >= 0.6 is 0 Å². The molecule has 0 bridgehead atoms. The van der Waals surface area contributed by atoms with E-state index in [2.05, 4.69) is 10.6 Å². The number of aromatic nitrogens is 1. The number of halogens is 3. The number of pyridine rings is 1. The van der Waals surface area contributed by atoms with E-state index in [-0.39, 0.29) is 0 Å². The second-order valence-electron chi connectivity index (χ2n) is 6.66. The smallest absolute Gasteiger partial charge is 0.417 e. The highest BCUT2D eigenvalue weighted by Crippen LogP contribution is 2.28. The molecule has 0 aliphatic rings. The number of methoxy groups -OCH3 is 1. The molecule has 10 heteroatoms. The summed E-state index contributed by atoms with van der Waals surface area (Å²) < 4.78 is 44.3. The predicted octanol–water partition coefficient (Wildman–Crippen LogP) is 3.77. The van der Waals surface area contributed by atoms with Crippen molar-refractivity contribution in [3.05, 3.63) is 88.3 Å². The van der Waals surface area contributed by atoms with Crippen molar-refractivity contribution in [3.8, 4) is 5.75 Å². The minimum atomic E-state index is -4.63. The van der Waals surface area contributed by atoms with Crippen molar-refractivity contribution in [2.45, 2.75) is 12.7 Å². The van der Waals surface area contributed by atoms with E-state index < -0.39 is 35.7 Å². The van der Waals surface area contributed by atoms with Crippen molar-refractivity contribution in [1.82, 2.24) is 4.57 Å². The molecule has 1 heterocycles. The standard InChI is InChI=1S/C22H18F3N3O4/c1-32-18-5-3-2-4-17(18)27-21(31)14-6-9-16(10-7-14)26-19(29)13-28-12-15(22(23,24)25)8-11-20(28)30/h2-12H,13H2,1H3,(H,26,29)(H,27,31). The zero-order valence-corrected chi connectivity index (χ0v) is 16.8. The van der Waals surface area contributed by atoms with Gasteiger partial charge >= 0.3 is 6.18 Å². The number of amides is 2. The monoisotopic (exact) mass is 445 g/mol. The van der Waals surface area contributed by atoms with Crippen molar-refractivity contribution >= 4 is 23.2 Å². The van der Waals surface area contributed by atoms with Crippen molar-refractivity contribution < 1.29 is 27.5 Å². The average molecular weight is 445 g/mol. The van der Waals surface area contributed by atoms with Crippen LogP contribution in [-0.2, 0) is 17.5 Å². The number of alkyl halides is 3. The molecule has 3 aromatic rings. The summed E-state index contributed by atoms with van der Waals surface area (Å²) in [5.41, 5.74) is -0.664. The van der Waals surface area contributed by atoms with Crippen LogP contribution in [0.2, 0.25) is 0 Å². The number of carbonyl (C=O) groups excluding carboxylic acids is 2. The Bertz CT molecular complexity index is 1190. The van der Waals surface area contributed by atoms with Gasteiger partial charge in [0.1, 0.15) is 12.3 Å². The highest BCUT2D eigenvalue weighted by atomic mass is 19.4. The Morgan fingerprint density at radius 2 is 1.66 bits per heavy atom. The van der Waals surface area contributed by atoms with E-state index in [1.807, 2.05) is 0 Å². The van der Waals surface area contributed by atoms with Crippen LogP contribution in [0.1, 0.15) is 15.9 Å². The maximum atomic E-state index is 12.8. The fourth-order valence-electron chi connectivity index (χ4n) is 2.83. The Labute approximate surface area is 180 Å². The third-order valence-corrected chi connectivity index (χ3v) is 4.41. The van der Waals surface area contributed by atoms with E-state index in [9.17, 15) is 27.6 Å². The fraction of sp³-hybridized carbons (Fsp3) is 0.136. The van der Waals surface area contributed by atoms with Crippen LogP contribution in [0.5, 0.6) is 5.75 Å². The molecule has 3 rings (SSSR count). The zero-order chi connectivity index (χ0) is 23.3. The second kappa shape index (κ2) is 9.38. The summed E-state index contributed by atoms with van der Waals surface area (Å²) in [6.45, 7) is -0.598. The Hall–Kier alpha value is -4.08. The maximum absolute atomic E-state index is 12.8. The van der Waals surface area contributed by atoms with Crippen LogP contribution < -0.4 is 20.9 Å². The number of para-hydroxylation sites is 2. The van der Waals surface area contributed by atoms with Crippen molar-refractivity contribution in [1.29, 1.82) is 0 Å². The summed E-state index contributed by atoms with van der Waals surface area (Å²) in [6, 6.07) is 14.2. The summed E-state index contributed by atoms with van der Waals surface area (Å²) >= 11 is 0. The molecule has 32 heavy (non-hydrogen) atoms. The zero-order valence-electron chi connectivity index (χ0n) is 16.8. The Kier molecular flexibility index (Phi) is 6.62. The molecule has 1 aromatic heterocycles. The van der Waals surface area contributed by atoms with E-state index in [4.69, 9.17) is 4.74 Å². The predicted molar refractivity (Wildman–Crippen MR) is 112 cm³/mol. The Morgan fingerprint density at radius 3 is 2.31 bits per heavy atom. The average Bonchev–Trinajstić information content (AvgIpc) is 2.75. The van der Waals surface area contributed by atoms with Gasteiger partial charge in [-0.15, -0.1) is 0 Å². The summed E-state index contributed by atoms with van der Waals surface area (Å²) in [5, 5.41) is 5.19. The van der Waals surface area contributed by atoms with Crippen LogP contribution in [0.25, 0.3) is 0 Å². The molecule has 166 valence electrons. The van der Waals surface area contributed by atoms with E-state index >= 15 is 0 Å². The first-order chi connectivity index (χ1) is 15.2. The molecular formula is C22H18F3N3O4. The van der Waals surface area contributed by atoms with E-state index in [0.29, 0.717) is 39.5 Å². The van der Waals surface area contributed by atoms with Crippen LogP contribution in [0.3, 0.4) is 0 Å². The maximum Gasteiger partial charge on any atom is 0.417 e. The molecule has 0 fully saturated rings. The molecule has 0 saturated heterocycles. The van der Waals surface area contributed by atoms with Gasteiger partial charge in [-0.3, -0.25) is 14.4 Å². The number of anilines is 2. The molecule has 2 N–H and O–H groups in total. The Balaban J connectivity index is 1.65. The minimum absolute atomic E-state index is 0.308. The highest BCUT2D eigenvalue weighted by Gasteiger charge is 2.31. The number of benzene rings is 2. The lowest BCUT2D eigenvalue weighted by Gasteiger charge is -2.12.